The van der Waals surface area contributed by atoms with Crippen molar-refractivity contribution >= 4 is 29.9 Å². The Morgan fingerprint density at radius 3 is 2.08 bits per heavy atom. The molecule has 0 spiro atoms. The summed E-state index contributed by atoms with van der Waals surface area (Å²) < 4.78 is 10.8. The molecule has 5 nitrogen and oxygen atoms in total. The van der Waals surface area contributed by atoms with Gasteiger partial charge in [0, 0.05) is 18.7 Å². The molecular weight excluding hydrogens is 441 g/mol. The first-order valence-electron chi connectivity index (χ1n) is 8.54. The molecule has 2 aromatic rings. The Morgan fingerprint density at radius 1 is 0.885 bits per heavy atom. The lowest BCUT2D eigenvalue weighted by atomic mass is 10.1. The third-order valence-electron chi connectivity index (χ3n) is 3.82. The Morgan fingerprint density at radius 2 is 1.46 bits per heavy atom. The predicted molar refractivity (Wildman–Crippen MR) is 118 cm³/mol. The Kier molecular flexibility index (Phi) is 10.5. The van der Waals surface area contributed by atoms with Crippen molar-refractivity contribution in [2.45, 2.75) is 19.9 Å². The highest BCUT2D eigenvalue weighted by Crippen LogP contribution is 2.18. The van der Waals surface area contributed by atoms with Gasteiger partial charge in [0.2, 0.25) is 0 Å². The molecule has 2 aromatic carbocycles. The molecule has 0 saturated carbocycles. The molecule has 0 aromatic heterocycles. The fraction of sp³-hybridized carbons (Fsp3) is 0.350. The lowest BCUT2D eigenvalue weighted by Crippen LogP contribution is -2.38. The summed E-state index contributed by atoms with van der Waals surface area (Å²) in [6, 6.07) is 16.0. The van der Waals surface area contributed by atoms with Crippen LogP contribution in [0.5, 0.6) is 11.5 Å². The SMILES string of the molecule is CCNC(=NCc1ccccc1OC)NCCc1ccccc1OC.I. The Bertz CT molecular complexity index is 692. The van der Waals surface area contributed by atoms with Crippen LogP contribution in [0.3, 0.4) is 0 Å². The summed E-state index contributed by atoms with van der Waals surface area (Å²) in [7, 11) is 3.38. The Hall–Kier alpha value is -1.96. The van der Waals surface area contributed by atoms with Crippen LogP contribution in [-0.4, -0.2) is 33.3 Å². The van der Waals surface area contributed by atoms with Crippen LogP contribution in [0.2, 0.25) is 0 Å². The van der Waals surface area contributed by atoms with Crippen molar-refractivity contribution in [3.63, 3.8) is 0 Å². The molecule has 0 fully saturated rings. The van der Waals surface area contributed by atoms with Crippen molar-refractivity contribution in [1.82, 2.24) is 10.6 Å². The second-order valence-corrected chi connectivity index (χ2v) is 5.50. The first kappa shape index (κ1) is 22.1. The smallest absolute Gasteiger partial charge is 0.191 e. The third-order valence-corrected chi connectivity index (χ3v) is 3.82. The molecule has 0 atom stereocenters. The molecule has 2 N–H and O–H groups in total. The minimum absolute atomic E-state index is 0. The van der Waals surface area contributed by atoms with Crippen LogP contribution in [0.25, 0.3) is 0 Å². The van der Waals surface area contributed by atoms with Gasteiger partial charge in [-0.05, 0) is 31.0 Å². The zero-order chi connectivity index (χ0) is 17.9. The van der Waals surface area contributed by atoms with Crippen LogP contribution in [0.1, 0.15) is 18.1 Å². The average molecular weight is 469 g/mol. The highest BCUT2D eigenvalue weighted by Gasteiger charge is 2.04. The molecule has 0 unspecified atom stereocenters. The summed E-state index contributed by atoms with van der Waals surface area (Å²) in [6.07, 6.45) is 0.864. The van der Waals surface area contributed by atoms with Crippen molar-refractivity contribution in [3.8, 4) is 11.5 Å². The van der Waals surface area contributed by atoms with Crippen LogP contribution >= 0.6 is 24.0 Å². The van der Waals surface area contributed by atoms with Crippen molar-refractivity contribution in [2.75, 3.05) is 27.3 Å². The number of guanidine groups is 1. The molecular formula is C20H28IN3O2. The first-order chi connectivity index (χ1) is 12.3. The van der Waals surface area contributed by atoms with E-state index in [1.165, 1.54) is 5.56 Å². The normalized spacial score (nSPS) is 10.7. The molecule has 0 saturated heterocycles. The van der Waals surface area contributed by atoms with Crippen LogP contribution in [0.4, 0.5) is 0 Å². The van der Waals surface area contributed by atoms with E-state index in [0.29, 0.717) is 6.54 Å². The van der Waals surface area contributed by atoms with Crippen LogP contribution in [0.15, 0.2) is 53.5 Å². The van der Waals surface area contributed by atoms with Gasteiger partial charge in [0.05, 0.1) is 20.8 Å². The number of hydrogen-bond acceptors (Lipinski definition) is 3. The number of aliphatic imine (C=N–C) groups is 1. The van der Waals surface area contributed by atoms with Gasteiger partial charge in [-0.15, -0.1) is 24.0 Å². The summed E-state index contributed by atoms with van der Waals surface area (Å²) in [5, 5.41) is 6.64. The van der Waals surface area contributed by atoms with Gasteiger partial charge in [0.25, 0.3) is 0 Å². The monoisotopic (exact) mass is 469 g/mol. The first-order valence-corrected chi connectivity index (χ1v) is 8.54. The second-order valence-electron chi connectivity index (χ2n) is 5.50. The minimum atomic E-state index is 0. The number of rotatable bonds is 8. The summed E-state index contributed by atoms with van der Waals surface area (Å²) in [5.74, 6) is 2.57. The maximum atomic E-state index is 5.39. The van der Waals surface area contributed by atoms with E-state index in [-0.39, 0.29) is 24.0 Å². The van der Waals surface area contributed by atoms with E-state index in [1.54, 1.807) is 14.2 Å². The fourth-order valence-corrected chi connectivity index (χ4v) is 2.56. The van der Waals surface area contributed by atoms with E-state index in [1.807, 2.05) is 42.5 Å². The van der Waals surface area contributed by atoms with Gasteiger partial charge < -0.3 is 20.1 Å². The quantitative estimate of drug-likeness (QED) is 0.353. The largest absolute Gasteiger partial charge is 0.496 e. The Labute approximate surface area is 173 Å². The number of nitrogens with zero attached hydrogens (tertiary/aromatic N) is 1. The lowest BCUT2D eigenvalue weighted by molar-refractivity contribution is 0.409. The number of benzene rings is 2. The van der Waals surface area contributed by atoms with Crippen molar-refractivity contribution in [1.29, 1.82) is 0 Å². The van der Waals surface area contributed by atoms with Crippen LogP contribution in [-0.2, 0) is 13.0 Å². The summed E-state index contributed by atoms with van der Waals surface area (Å²) in [5.41, 5.74) is 2.24. The van der Waals surface area contributed by atoms with Crippen molar-refractivity contribution < 1.29 is 9.47 Å². The standard InChI is InChI=1S/C20H27N3O2.HI/c1-4-21-20(23-15-17-10-6-8-12-19(17)25-3)22-14-13-16-9-5-7-11-18(16)24-2;/h5-12H,4,13-15H2,1-3H3,(H2,21,22,23);1H. The number of nitrogens with one attached hydrogen (secondary N) is 2. The van der Waals surface area contributed by atoms with Gasteiger partial charge in [0.1, 0.15) is 11.5 Å². The topological polar surface area (TPSA) is 54.9 Å². The van der Waals surface area contributed by atoms with Gasteiger partial charge in [-0.3, -0.25) is 0 Å². The van der Waals surface area contributed by atoms with Crippen LogP contribution in [0, 0.1) is 0 Å². The zero-order valence-corrected chi connectivity index (χ0v) is 17.9. The molecule has 142 valence electrons. The highest BCUT2D eigenvalue weighted by molar-refractivity contribution is 14.0. The molecule has 6 heteroatoms. The summed E-state index contributed by atoms with van der Waals surface area (Å²) >= 11 is 0. The lowest BCUT2D eigenvalue weighted by Gasteiger charge is -2.13. The zero-order valence-electron chi connectivity index (χ0n) is 15.6. The van der Waals surface area contributed by atoms with E-state index in [4.69, 9.17) is 9.47 Å². The van der Waals surface area contributed by atoms with E-state index in [2.05, 4.69) is 28.6 Å². The predicted octanol–water partition coefficient (Wildman–Crippen LogP) is 3.62. The molecule has 0 bridgehead atoms. The van der Waals surface area contributed by atoms with Crippen LogP contribution < -0.4 is 20.1 Å². The molecule has 0 radical (unpaired) electrons. The maximum absolute atomic E-state index is 5.39. The van der Waals surface area contributed by atoms with E-state index in [9.17, 15) is 0 Å². The molecule has 0 heterocycles. The Balaban J connectivity index is 0.00000338. The van der Waals surface area contributed by atoms with Crippen molar-refractivity contribution in [2.24, 2.45) is 4.99 Å². The number of methoxy groups -OCH3 is 2. The molecule has 2 rings (SSSR count). The number of hydrogen-bond donors (Lipinski definition) is 2. The number of halogens is 1. The van der Waals surface area contributed by atoms with E-state index in [0.717, 1.165) is 42.5 Å². The fourth-order valence-electron chi connectivity index (χ4n) is 2.56. The average Bonchev–Trinajstić information content (AvgIpc) is 2.66. The summed E-state index contributed by atoms with van der Waals surface area (Å²) in [4.78, 5) is 4.65. The van der Waals surface area contributed by atoms with Gasteiger partial charge in [0.15, 0.2) is 5.96 Å². The van der Waals surface area contributed by atoms with Gasteiger partial charge >= 0.3 is 0 Å². The molecule has 0 aliphatic carbocycles. The highest BCUT2D eigenvalue weighted by atomic mass is 127. The summed E-state index contributed by atoms with van der Waals surface area (Å²) in [6.45, 7) is 4.21. The number of ether oxygens (including phenoxy) is 2. The maximum Gasteiger partial charge on any atom is 0.191 e. The van der Waals surface area contributed by atoms with Gasteiger partial charge in [-0.2, -0.15) is 0 Å². The van der Waals surface area contributed by atoms with E-state index < -0.39 is 0 Å². The molecule has 26 heavy (non-hydrogen) atoms. The number of para-hydroxylation sites is 2. The van der Waals surface area contributed by atoms with Gasteiger partial charge in [-0.1, -0.05) is 36.4 Å². The molecule has 0 aliphatic heterocycles. The van der Waals surface area contributed by atoms with Gasteiger partial charge in [-0.25, -0.2) is 4.99 Å². The van der Waals surface area contributed by atoms with E-state index >= 15 is 0 Å². The molecule has 0 aliphatic rings. The van der Waals surface area contributed by atoms with Crippen molar-refractivity contribution in [3.05, 3.63) is 59.7 Å². The minimum Gasteiger partial charge on any atom is -0.496 e. The second kappa shape index (κ2) is 12.4. The third kappa shape index (κ3) is 6.74. The molecule has 0 amide bonds.